The van der Waals surface area contributed by atoms with Crippen molar-refractivity contribution < 1.29 is 22.7 Å². The van der Waals surface area contributed by atoms with Gasteiger partial charge in [-0.05, 0) is 37.0 Å². The van der Waals surface area contributed by atoms with E-state index in [0.717, 1.165) is 5.56 Å². The van der Waals surface area contributed by atoms with E-state index in [1.54, 1.807) is 19.1 Å². The number of rotatable bonds is 10. The van der Waals surface area contributed by atoms with Crippen LogP contribution in [0.2, 0.25) is 0 Å². The molecule has 2 N–H and O–H groups in total. The lowest BCUT2D eigenvalue weighted by molar-refractivity contribution is 0.152. The van der Waals surface area contributed by atoms with Crippen LogP contribution in [0.1, 0.15) is 26.3 Å². The molecule has 0 unspecified atom stereocenters. The highest BCUT2D eigenvalue weighted by atomic mass is 32.2. The Hall–Kier alpha value is -2.88. The number of aromatic nitrogens is 2. The topological polar surface area (TPSA) is 120 Å². The predicted octanol–water partition coefficient (Wildman–Crippen LogP) is 2.60. The van der Waals surface area contributed by atoms with Crippen molar-refractivity contribution in [3.05, 3.63) is 42.2 Å². The van der Waals surface area contributed by atoms with Gasteiger partial charge in [0.25, 0.3) is 10.0 Å². The van der Waals surface area contributed by atoms with E-state index in [1.807, 2.05) is 13.8 Å². The van der Waals surface area contributed by atoms with E-state index < -0.39 is 16.1 Å². The van der Waals surface area contributed by atoms with Crippen LogP contribution < -0.4 is 14.8 Å². The molecule has 29 heavy (non-hydrogen) atoms. The van der Waals surface area contributed by atoms with Crippen molar-refractivity contribution in [3.8, 4) is 5.75 Å². The van der Waals surface area contributed by atoms with Crippen LogP contribution >= 0.6 is 0 Å². The summed E-state index contributed by atoms with van der Waals surface area (Å²) >= 11 is 0. The number of hydrogen-bond donors (Lipinski definition) is 2. The number of nitrogens with zero attached hydrogens (tertiary/aromatic N) is 2. The zero-order valence-corrected chi connectivity index (χ0v) is 17.5. The molecular weight excluding hydrogens is 396 g/mol. The first-order chi connectivity index (χ1) is 13.8. The number of hydrogen-bond acceptors (Lipinski definition) is 7. The maximum absolute atomic E-state index is 12.5. The number of alkyl carbamates (subject to hydrolysis) is 1. The first-order valence-electron chi connectivity index (χ1n) is 9.27. The first-order valence-corrected chi connectivity index (χ1v) is 10.8. The molecule has 9 nitrogen and oxygen atoms in total. The fourth-order valence-electron chi connectivity index (χ4n) is 2.21. The molecule has 0 atom stereocenters. The number of carbonyl (C=O) groups excluding carboxylic acids is 1. The fraction of sp³-hybridized carbons (Fsp3) is 0.421. The molecule has 0 fully saturated rings. The summed E-state index contributed by atoms with van der Waals surface area (Å²) in [6, 6.07) is 6.35. The summed E-state index contributed by atoms with van der Waals surface area (Å²) in [6.07, 6.45) is 2.92. The smallest absolute Gasteiger partial charge is 0.407 e. The van der Waals surface area contributed by atoms with E-state index in [9.17, 15) is 13.2 Å². The molecule has 0 saturated heterocycles. The molecule has 1 amide bonds. The van der Waals surface area contributed by atoms with Crippen molar-refractivity contribution in [2.24, 2.45) is 5.92 Å². The second kappa shape index (κ2) is 10.6. The highest BCUT2D eigenvalue weighted by Crippen LogP contribution is 2.16. The molecule has 0 radical (unpaired) electrons. The Morgan fingerprint density at radius 2 is 1.79 bits per heavy atom. The molecule has 158 valence electrons. The van der Waals surface area contributed by atoms with Gasteiger partial charge in [0, 0.05) is 6.54 Å². The molecule has 1 aromatic carbocycles. The van der Waals surface area contributed by atoms with Crippen molar-refractivity contribution in [2.45, 2.75) is 32.1 Å². The maximum Gasteiger partial charge on any atom is 0.407 e. The minimum absolute atomic E-state index is 0.0374. The quantitative estimate of drug-likeness (QED) is 0.604. The second-order valence-corrected chi connectivity index (χ2v) is 8.28. The molecule has 0 spiro atoms. The zero-order chi connectivity index (χ0) is 21.3. The van der Waals surface area contributed by atoms with E-state index in [2.05, 4.69) is 20.0 Å². The van der Waals surface area contributed by atoms with Crippen molar-refractivity contribution in [1.82, 2.24) is 15.3 Å². The van der Waals surface area contributed by atoms with Crippen molar-refractivity contribution in [3.63, 3.8) is 0 Å². The van der Waals surface area contributed by atoms with E-state index in [1.165, 1.54) is 24.5 Å². The van der Waals surface area contributed by atoms with Gasteiger partial charge in [0.05, 0.1) is 30.5 Å². The van der Waals surface area contributed by atoms with Crippen molar-refractivity contribution >= 4 is 22.1 Å². The normalized spacial score (nSPS) is 11.2. The lowest BCUT2D eigenvalue weighted by atomic mass is 10.1. The first kappa shape index (κ1) is 22.4. The molecule has 1 heterocycles. The Labute approximate surface area is 170 Å². The molecule has 0 saturated carbocycles. The van der Waals surface area contributed by atoms with Gasteiger partial charge in [-0.2, -0.15) is 0 Å². The number of sulfonamides is 1. The summed E-state index contributed by atoms with van der Waals surface area (Å²) < 4.78 is 37.6. The molecule has 0 aliphatic heterocycles. The largest absolute Gasteiger partial charge is 0.490 e. The number of ether oxygens (including phenoxy) is 2. The average Bonchev–Trinajstić information content (AvgIpc) is 2.68. The van der Waals surface area contributed by atoms with Crippen LogP contribution in [0.15, 0.2) is 41.6 Å². The number of nitrogens with one attached hydrogen (secondary N) is 2. The average molecular weight is 423 g/mol. The maximum atomic E-state index is 12.5. The highest BCUT2D eigenvalue weighted by Gasteiger charge is 2.15. The van der Waals surface area contributed by atoms with Crippen LogP contribution in [0.25, 0.3) is 0 Å². The monoisotopic (exact) mass is 422 g/mol. The van der Waals surface area contributed by atoms with Crippen molar-refractivity contribution in [1.29, 1.82) is 0 Å². The summed E-state index contributed by atoms with van der Waals surface area (Å²) in [4.78, 5) is 19.3. The Morgan fingerprint density at radius 3 is 2.38 bits per heavy atom. The minimum Gasteiger partial charge on any atom is -0.490 e. The predicted molar refractivity (Wildman–Crippen MR) is 108 cm³/mol. The second-order valence-electron chi connectivity index (χ2n) is 6.59. The van der Waals surface area contributed by atoms with Gasteiger partial charge in [-0.1, -0.05) is 26.0 Å². The Morgan fingerprint density at radius 1 is 1.14 bits per heavy atom. The molecule has 0 aliphatic carbocycles. The van der Waals surface area contributed by atoms with Crippen LogP contribution in [-0.2, 0) is 21.2 Å². The summed E-state index contributed by atoms with van der Waals surface area (Å²) in [5.41, 5.74) is 0.878. The molecule has 1 aromatic heterocycles. The van der Waals surface area contributed by atoms with Gasteiger partial charge in [0.1, 0.15) is 0 Å². The fourth-order valence-corrected chi connectivity index (χ4v) is 3.17. The van der Waals surface area contributed by atoms with E-state index in [-0.39, 0.29) is 10.8 Å². The summed E-state index contributed by atoms with van der Waals surface area (Å²) in [7, 11) is -3.82. The summed E-state index contributed by atoms with van der Waals surface area (Å²) in [5.74, 6) is 0.795. The lowest BCUT2D eigenvalue weighted by Crippen LogP contribution is -2.26. The van der Waals surface area contributed by atoms with Crippen LogP contribution in [0.4, 0.5) is 10.7 Å². The van der Waals surface area contributed by atoms with Gasteiger partial charge >= 0.3 is 6.09 Å². The Kier molecular flexibility index (Phi) is 8.20. The third-order valence-corrected chi connectivity index (χ3v) is 4.97. The molecule has 0 bridgehead atoms. The van der Waals surface area contributed by atoms with Crippen LogP contribution in [-0.4, -0.2) is 44.2 Å². The van der Waals surface area contributed by atoms with Gasteiger partial charge in [0.2, 0.25) is 5.95 Å². The highest BCUT2D eigenvalue weighted by molar-refractivity contribution is 7.92. The molecular formula is C19H26N4O5S. The van der Waals surface area contributed by atoms with Crippen LogP contribution in [0.3, 0.4) is 0 Å². The van der Waals surface area contributed by atoms with E-state index in [0.29, 0.717) is 37.8 Å². The number of benzene rings is 1. The summed E-state index contributed by atoms with van der Waals surface area (Å²) in [5, 5.41) is 2.61. The molecule has 0 aliphatic rings. The summed E-state index contributed by atoms with van der Waals surface area (Å²) in [6.45, 7) is 6.99. The number of anilines is 1. The minimum atomic E-state index is -3.82. The van der Waals surface area contributed by atoms with Crippen LogP contribution in [0.5, 0.6) is 5.75 Å². The van der Waals surface area contributed by atoms with Gasteiger partial charge < -0.3 is 14.8 Å². The Balaban J connectivity index is 1.92. The van der Waals surface area contributed by atoms with Crippen LogP contribution in [0, 0.1) is 5.92 Å². The third-order valence-electron chi connectivity index (χ3n) is 3.63. The Bertz CT molecular complexity index is 884. The zero-order valence-electron chi connectivity index (χ0n) is 16.7. The van der Waals surface area contributed by atoms with Gasteiger partial charge in [-0.25, -0.2) is 27.9 Å². The standard InChI is InChI=1S/C19H26N4O5S/c1-4-27-19(24)20-10-9-15-5-7-17(8-6-15)29(25,26)23-18-21-11-16(12-22-18)28-13-14(2)3/h5-8,11-12,14H,4,9-10,13H2,1-3H3,(H,20,24)(H,21,22,23). The number of amides is 1. The lowest BCUT2D eigenvalue weighted by Gasteiger charge is -2.10. The number of carbonyl (C=O) groups is 1. The van der Waals surface area contributed by atoms with Gasteiger partial charge in [-0.3, -0.25) is 0 Å². The molecule has 2 aromatic rings. The van der Waals surface area contributed by atoms with Crippen molar-refractivity contribution in [2.75, 3.05) is 24.5 Å². The third kappa shape index (κ3) is 7.57. The molecule has 10 heteroatoms. The van der Waals surface area contributed by atoms with Gasteiger partial charge in [0.15, 0.2) is 5.75 Å². The SMILES string of the molecule is CCOC(=O)NCCc1ccc(S(=O)(=O)Nc2ncc(OCC(C)C)cn2)cc1. The van der Waals surface area contributed by atoms with Gasteiger partial charge in [-0.15, -0.1) is 0 Å². The van der Waals surface area contributed by atoms with E-state index in [4.69, 9.17) is 9.47 Å². The van der Waals surface area contributed by atoms with E-state index >= 15 is 0 Å². The molecule has 2 rings (SSSR count).